The van der Waals surface area contributed by atoms with Gasteiger partial charge in [0.25, 0.3) is 0 Å². The van der Waals surface area contributed by atoms with Crippen molar-refractivity contribution in [3.8, 4) is 11.3 Å². The number of carbonyl (C=O) groups is 1. The maximum absolute atomic E-state index is 11.8. The number of thiazole rings is 1. The Balaban J connectivity index is 1.35. The quantitative estimate of drug-likeness (QED) is 0.382. The Morgan fingerprint density at radius 3 is 2.96 bits per heavy atom. The zero-order chi connectivity index (χ0) is 18.2. The highest BCUT2D eigenvalue weighted by Crippen LogP contribution is 2.23. The first-order chi connectivity index (χ1) is 12.7. The average molecular weight is 448 g/mol. The normalized spacial score (nSPS) is 11.1. The van der Waals surface area contributed by atoms with Crippen LogP contribution in [0.4, 0.5) is 0 Å². The van der Waals surface area contributed by atoms with E-state index < -0.39 is 0 Å². The second-order valence-corrected chi connectivity index (χ2v) is 9.03. The summed E-state index contributed by atoms with van der Waals surface area (Å²) in [7, 11) is 0. The molecule has 0 aliphatic heterocycles. The van der Waals surface area contributed by atoms with Crippen molar-refractivity contribution in [1.82, 2.24) is 15.3 Å². The summed E-state index contributed by atoms with van der Waals surface area (Å²) in [6, 6.07) is 7.89. The van der Waals surface area contributed by atoms with Gasteiger partial charge in [0.15, 0.2) is 0 Å². The topological polar surface area (TPSA) is 54.9 Å². The molecule has 0 saturated carbocycles. The molecular weight excluding hydrogens is 430 g/mol. The molecule has 3 aromatic rings. The van der Waals surface area contributed by atoms with Gasteiger partial charge in [0.1, 0.15) is 0 Å². The van der Waals surface area contributed by atoms with Crippen molar-refractivity contribution in [3.05, 3.63) is 61.8 Å². The molecule has 1 amide bonds. The Hall–Kier alpha value is -1.83. The van der Waals surface area contributed by atoms with Crippen LogP contribution in [-0.4, -0.2) is 22.4 Å². The third kappa shape index (κ3) is 5.86. The summed E-state index contributed by atoms with van der Waals surface area (Å²) >= 11 is 6.69. The number of aryl methyl sites for hydroxylation is 1. The smallest absolute Gasteiger partial charge is 0.244 e. The molecule has 0 aromatic carbocycles. The van der Waals surface area contributed by atoms with E-state index in [0.717, 1.165) is 44.2 Å². The Morgan fingerprint density at radius 1 is 1.27 bits per heavy atom. The molecule has 4 nitrogen and oxygen atoms in total. The number of nitrogens with one attached hydrogen (secondary N) is 1. The number of hydrogen-bond acceptors (Lipinski definition) is 5. The lowest BCUT2D eigenvalue weighted by molar-refractivity contribution is -0.116. The highest BCUT2D eigenvalue weighted by atomic mass is 79.9. The number of pyridine rings is 1. The van der Waals surface area contributed by atoms with Crippen LogP contribution in [0.3, 0.4) is 0 Å². The van der Waals surface area contributed by atoms with Gasteiger partial charge in [-0.15, -0.1) is 22.7 Å². The fourth-order valence-corrected chi connectivity index (χ4v) is 4.50. The molecule has 1 N–H and O–H groups in total. The lowest BCUT2D eigenvalue weighted by atomic mass is 10.2. The van der Waals surface area contributed by atoms with Crippen LogP contribution in [0.1, 0.15) is 22.7 Å². The van der Waals surface area contributed by atoms with Crippen LogP contribution in [0, 0.1) is 0 Å². The second kappa shape index (κ2) is 9.75. The summed E-state index contributed by atoms with van der Waals surface area (Å²) < 4.78 is 1.06. The lowest BCUT2D eigenvalue weighted by Gasteiger charge is -2.01. The summed E-state index contributed by atoms with van der Waals surface area (Å²) in [6.07, 6.45) is 9.88. The first-order valence-electron chi connectivity index (χ1n) is 8.27. The first-order valence-corrected chi connectivity index (χ1v) is 10.8. The van der Waals surface area contributed by atoms with Gasteiger partial charge in [-0.25, -0.2) is 4.98 Å². The molecule has 0 saturated heterocycles. The summed E-state index contributed by atoms with van der Waals surface area (Å²) in [6.45, 7) is 0.679. The fraction of sp³-hybridized carbons (Fsp3) is 0.211. The number of amides is 1. The van der Waals surface area contributed by atoms with Crippen LogP contribution < -0.4 is 5.32 Å². The minimum Gasteiger partial charge on any atom is -0.353 e. The number of hydrogen-bond donors (Lipinski definition) is 1. The first kappa shape index (κ1) is 18.9. The molecule has 26 heavy (non-hydrogen) atoms. The van der Waals surface area contributed by atoms with Gasteiger partial charge in [0.05, 0.1) is 14.5 Å². The molecule has 0 aliphatic carbocycles. The Bertz CT molecular complexity index is 874. The Labute approximate surface area is 169 Å². The van der Waals surface area contributed by atoms with E-state index in [4.69, 9.17) is 0 Å². The van der Waals surface area contributed by atoms with Crippen molar-refractivity contribution in [1.29, 1.82) is 0 Å². The van der Waals surface area contributed by atoms with Gasteiger partial charge in [-0.2, -0.15) is 0 Å². The fourth-order valence-electron chi connectivity index (χ4n) is 2.32. The van der Waals surface area contributed by atoms with Crippen LogP contribution in [0.5, 0.6) is 0 Å². The molecule has 0 fully saturated rings. The van der Waals surface area contributed by atoms with Gasteiger partial charge in [-0.1, -0.05) is 0 Å². The van der Waals surface area contributed by atoms with Gasteiger partial charge in [0.2, 0.25) is 5.91 Å². The number of thiophene rings is 1. The van der Waals surface area contributed by atoms with Gasteiger partial charge in [0, 0.05) is 40.8 Å². The van der Waals surface area contributed by atoms with Gasteiger partial charge in [-0.3, -0.25) is 9.78 Å². The molecule has 0 atom stereocenters. The van der Waals surface area contributed by atoms with E-state index in [2.05, 4.69) is 36.6 Å². The minimum atomic E-state index is -0.0531. The monoisotopic (exact) mass is 447 g/mol. The van der Waals surface area contributed by atoms with E-state index in [9.17, 15) is 4.79 Å². The van der Waals surface area contributed by atoms with Crippen molar-refractivity contribution >= 4 is 50.6 Å². The number of halogens is 1. The van der Waals surface area contributed by atoms with E-state index >= 15 is 0 Å². The van der Waals surface area contributed by atoms with Gasteiger partial charge < -0.3 is 5.32 Å². The maximum atomic E-state index is 11.8. The molecule has 7 heteroatoms. The SMILES string of the molecule is O=C(C=Cc1ccc(Br)s1)NCCCCc1nc(-c2cccnc2)cs1. The second-order valence-electron chi connectivity index (χ2n) is 5.59. The minimum absolute atomic E-state index is 0.0531. The third-order valence-electron chi connectivity index (χ3n) is 3.62. The number of unbranched alkanes of at least 4 members (excludes halogenated alkanes) is 1. The highest BCUT2D eigenvalue weighted by Gasteiger charge is 2.04. The third-order valence-corrected chi connectivity index (χ3v) is 6.12. The molecule has 3 aromatic heterocycles. The summed E-state index contributed by atoms with van der Waals surface area (Å²) in [5, 5.41) is 6.11. The van der Waals surface area contributed by atoms with Crippen LogP contribution in [-0.2, 0) is 11.2 Å². The molecular formula is C19H18BrN3OS2. The maximum Gasteiger partial charge on any atom is 0.244 e. The van der Waals surface area contributed by atoms with Crippen LogP contribution in [0.15, 0.2) is 51.9 Å². The zero-order valence-electron chi connectivity index (χ0n) is 14.0. The summed E-state index contributed by atoms with van der Waals surface area (Å²) in [5.74, 6) is -0.0531. The highest BCUT2D eigenvalue weighted by molar-refractivity contribution is 9.11. The molecule has 0 spiro atoms. The van der Waals surface area contributed by atoms with E-state index in [1.165, 1.54) is 0 Å². The molecule has 0 aliphatic rings. The number of carbonyl (C=O) groups excluding carboxylic acids is 1. The standard InChI is InChI=1S/C19H18BrN3OS2/c20-17-8-6-15(26-17)7-9-18(24)22-11-2-1-5-19-23-16(13-25-19)14-4-3-10-21-12-14/h3-4,6-10,12-13H,1-2,5,11H2,(H,22,24). The van der Waals surface area contributed by atoms with Gasteiger partial charge >= 0.3 is 0 Å². The van der Waals surface area contributed by atoms with E-state index in [-0.39, 0.29) is 5.91 Å². The zero-order valence-corrected chi connectivity index (χ0v) is 17.2. The van der Waals surface area contributed by atoms with Crippen molar-refractivity contribution < 1.29 is 4.79 Å². The number of aromatic nitrogens is 2. The molecule has 0 bridgehead atoms. The predicted molar refractivity (Wildman–Crippen MR) is 112 cm³/mol. The number of rotatable bonds is 8. The van der Waals surface area contributed by atoms with Crippen molar-refractivity contribution in [2.75, 3.05) is 6.54 Å². The van der Waals surface area contributed by atoms with E-state index in [0.29, 0.717) is 6.54 Å². The van der Waals surface area contributed by atoms with Crippen LogP contribution in [0.25, 0.3) is 17.3 Å². The van der Waals surface area contributed by atoms with E-state index in [1.54, 1.807) is 34.9 Å². The Morgan fingerprint density at radius 2 is 2.19 bits per heavy atom. The van der Waals surface area contributed by atoms with Crippen LogP contribution in [0.2, 0.25) is 0 Å². The lowest BCUT2D eigenvalue weighted by Crippen LogP contribution is -2.22. The Kier molecular flexibility index (Phi) is 7.11. The van der Waals surface area contributed by atoms with Gasteiger partial charge in [-0.05, 0) is 65.5 Å². The predicted octanol–water partition coefficient (Wildman–Crippen LogP) is 5.18. The van der Waals surface area contributed by atoms with Crippen molar-refractivity contribution in [3.63, 3.8) is 0 Å². The molecule has 3 rings (SSSR count). The molecule has 134 valence electrons. The molecule has 3 heterocycles. The number of nitrogens with zero attached hydrogens (tertiary/aromatic N) is 2. The van der Waals surface area contributed by atoms with Crippen molar-refractivity contribution in [2.45, 2.75) is 19.3 Å². The average Bonchev–Trinajstić information content (AvgIpc) is 3.29. The molecule has 0 unspecified atom stereocenters. The van der Waals surface area contributed by atoms with Crippen molar-refractivity contribution in [2.24, 2.45) is 0 Å². The van der Waals surface area contributed by atoms with E-state index in [1.807, 2.05) is 36.5 Å². The summed E-state index contributed by atoms with van der Waals surface area (Å²) in [5.41, 5.74) is 2.03. The van der Waals surface area contributed by atoms with Crippen LogP contribution >= 0.6 is 38.6 Å². The molecule has 0 radical (unpaired) electrons. The summed E-state index contributed by atoms with van der Waals surface area (Å²) in [4.78, 5) is 21.6. The largest absolute Gasteiger partial charge is 0.353 e.